The number of amides is 2. The lowest BCUT2D eigenvalue weighted by atomic mass is 9.53. The number of aromatic nitrogens is 1. The summed E-state index contributed by atoms with van der Waals surface area (Å²) in [5.74, 6) is -2.92. The summed E-state index contributed by atoms with van der Waals surface area (Å²) in [5, 5.41) is 9.87. The minimum Gasteiger partial charge on any atom is -0.467 e. The molecule has 0 bridgehead atoms. The Kier molecular flexibility index (Phi) is 7.75. The van der Waals surface area contributed by atoms with E-state index in [1.807, 2.05) is 6.07 Å². The van der Waals surface area contributed by atoms with E-state index in [0.29, 0.717) is 42.0 Å². The smallest absolute Gasteiger partial charge is 0.337 e. The van der Waals surface area contributed by atoms with Gasteiger partial charge in [-0.1, -0.05) is 43.1 Å². The van der Waals surface area contributed by atoms with Gasteiger partial charge in [-0.05, 0) is 80.2 Å². The van der Waals surface area contributed by atoms with Gasteiger partial charge in [0.05, 0.1) is 25.8 Å². The van der Waals surface area contributed by atoms with Gasteiger partial charge < -0.3 is 20.1 Å². The number of ether oxygens (including phenoxy) is 2. The number of rotatable bonds is 4. The minimum absolute atomic E-state index is 0.0266. The average molecular weight is 648 g/mol. The van der Waals surface area contributed by atoms with Crippen LogP contribution in [0, 0.1) is 11.2 Å². The fourth-order valence-corrected chi connectivity index (χ4v) is 8.34. The number of carbonyl (C=O) groups is 3. The molecule has 1 aromatic carbocycles. The highest BCUT2D eigenvalue weighted by atomic mass is 35.5. The lowest BCUT2D eigenvalue weighted by Gasteiger charge is -2.50. The maximum absolute atomic E-state index is 16.1. The molecule has 2 aromatic rings. The number of nitrogens with one attached hydrogen (secondary N) is 3. The van der Waals surface area contributed by atoms with Gasteiger partial charge in [-0.25, -0.2) is 14.2 Å². The van der Waals surface area contributed by atoms with Crippen molar-refractivity contribution in [2.45, 2.75) is 93.9 Å². The van der Waals surface area contributed by atoms with E-state index in [9.17, 15) is 14.4 Å². The highest BCUT2D eigenvalue weighted by Crippen LogP contribution is 2.64. The molecule has 5 atom stereocenters. The lowest BCUT2D eigenvalue weighted by molar-refractivity contribution is -0.174. The number of methoxy groups -OCH3 is 1. The van der Waals surface area contributed by atoms with Crippen molar-refractivity contribution in [1.82, 2.24) is 15.6 Å². The third-order valence-electron chi connectivity index (χ3n) is 10.5. The van der Waals surface area contributed by atoms with Crippen LogP contribution in [0.15, 0.2) is 30.5 Å². The van der Waals surface area contributed by atoms with Gasteiger partial charge in [-0.15, -0.1) is 0 Å². The van der Waals surface area contributed by atoms with Crippen LogP contribution >= 0.6 is 23.2 Å². The van der Waals surface area contributed by atoms with E-state index in [4.69, 9.17) is 32.7 Å². The Hall–Kier alpha value is -2.79. The van der Waals surface area contributed by atoms with E-state index >= 15 is 4.39 Å². The molecule has 12 heteroatoms. The quantitative estimate of drug-likeness (QED) is 0.315. The molecule has 44 heavy (non-hydrogen) atoms. The third-order valence-corrected chi connectivity index (χ3v) is 11.0. The van der Waals surface area contributed by atoms with Crippen LogP contribution in [0.5, 0.6) is 0 Å². The van der Waals surface area contributed by atoms with Crippen LogP contribution < -0.4 is 16.0 Å². The Morgan fingerprint density at radius 1 is 1.11 bits per heavy atom. The molecule has 1 saturated carbocycles. The van der Waals surface area contributed by atoms with Crippen molar-refractivity contribution in [2.24, 2.45) is 5.41 Å². The number of hydrogen-bond acceptors (Lipinski definition) is 7. The zero-order chi connectivity index (χ0) is 31.7. The van der Waals surface area contributed by atoms with Crippen LogP contribution in [0.1, 0.15) is 76.3 Å². The van der Waals surface area contributed by atoms with Gasteiger partial charge >= 0.3 is 5.97 Å². The summed E-state index contributed by atoms with van der Waals surface area (Å²) < 4.78 is 26.8. The Balaban J connectivity index is 1.46. The molecule has 9 nitrogen and oxygen atoms in total. The number of benzene rings is 1. The van der Waals surface area contributed by atoms with Crippen molar-refractivity contribution in [3.8, 4) is 0 Å². The van der Waals surface area contributed by atoms with Gasteiger partial charge in [0.15, 0.2) is 16.6 Å². The molecule has 0 radical (unpaired) electrons. The van der Waals surface area contributed by atoms with Crippen molar-refractivity contribution >= 4 is 46.7 Å². The normalized spacial score (nSPS) is 31.9. The van der Waals surface area contributed by atoms with E-state index in [-0.39, 0.29) is 28.6 Å². The molecule has 3 fully saturated rings. The van der Waals surface area contributed by atoms with Crippen LogP contribution in [0.4, 0.5) is 10.1 Å². The standard InChI is InChI=1S/C32H37Cl2FN4O5/c1-29(2)10-12-31(13-11-29)32(20-6-5-17(33)15-21(20)38-27(32)41)22(19-8-14-36-25(34)23(19)35)24(39-31)26(40)37-18-7-9-30(3,44-16-18)28(42)43-4/h5-6,8,14-15,18,22,24,39H,7,9-13,16H2,1-4H3,(H,37,40)(H,38,41)/t18-,22+,24-,30?,32-/m1/s1. The Morgan fingerprint density at radius 2 is 1.84 bits per heavy atom. The molecule has 2 spiro atoms. The molecular weight excluding hydrogens is 610 g/mol. The first kappa shape index (κ1) is 31.2. The van der Waals surface area contributed by atoms with Crippen LogP contribution in [0.3, 0.4) is 0 Å². The first-order valence-electron chi connectivity index (χ1n) is 15.0. The number of esters is 1. The number of hydrogen-bond donors (Lipinski definition) is 3. The summed E-state index contributed by atoms with van der Waals surface area (Å²) >= 11 is 12.6. The van der Waals surface area contributed by atoms with E-state index in [2.05, 4.69) is 34.8 Å². The Bertz CT molecular complexity index is 1520. The fraction of sp³-hybridized carbons (Fsp3) is 0.562. The summed E-state index contributed by atoms with van der Waals surface area (Å²) in [5.41, 5.74) is -1.97. The molecule has 3 N–H and O–H groups in total. The molecule has 236 valence electrons. The first-order chi connectivity index (χ1) is 20.8. The Morgan fingerprint density at radius 3 is 2.50 bits per heavy atom. The number of anilines is 1. The molecule has 1 unspecified atom stereocenters. The maximum atomic E-state index is 16.1. The summed E-state index contributed by atoms with van der Waals surface area (Å²) in [7, 11) is 1.31. The number of carbonyl (C=O) groups excluding carboxylic acids is 3. The number of halogens is 3. The van der Waals surface area contributed by atoms with Gasteiger partial charge in [-0.3, -0.25) is 14.9 Å². The second-order valence-electron chi connectivity index (χ2n) is 13.6. The molecule has 1 aromatic heterocycles. The molecular formula is C32H37Cl2FN4O5. The van der Waals surface area contributed by atoms with Gasteiger partial charge in [0.25, 0.3) is 0 Å². The Labute approximate surface area is 265 Å². The first-order valence-corrected chi connectivity index (χ1v) is 15.7. The fourth-order valence-electron chi connectivity index (χ4n) is 8.00. The van der Waals surface area contributed by atoms with Crippen LogP contribution in [0.2, 0.25) is 10.2 Å². The zero-order valence-electron chi connectivity index (χ0n) is 25.2. The van der Waals surface area contributed by atoms with Gasteiger partial charge in [0, 0.05) is 28.4 Å². The van der Waals surface area contributed by atoms with Crippen molar-refractivity contribution in [3.05, 3.63) is 57.6 Å². The molecule has 6 rings (SSSR count). The number of nitrogens with zero attached hydrogens (tertiary/aromatic N) is 1. The van der Waals surface area contributed by atoms with Crippen molar-refractivity contribution in [3.63, 3.8) is 0 Å². The maximum Gasteiger partial charge on any atom is 0.337 e. The minimum atomic E-state index is -1.36. The number of fused-ring (bicyclic) bond motifs is 3. The SMILES string of the molecule is COC(=O)C1(C)CC[C@@H](NC(=O)[C@@H]2NC3(CCC(C)(C)CC3)[C@@]3(C(=O)Nc4cc(Cl)ccc43)[C@H]2c2ccnc(Cl)c2F)CO1. The predicted octanol–water partition coefficient (Wildman–Crippen LogP) is 5.04. The summed E-state index contributed by atoms with van der Waals surface area (Å²) in [6.07, 6.45) is 4.97. The molecule has 2 amide bonds. The highest BCUT2D eigenvalue weighted by molar-refractivity contribution is 6.31. The van der Waals surface area contributed by atoms with Crippen LogP contribution in [-0.2, 0) is 29.3 Å². The van der Waals surface area contributed by atoms with Crippen LogP contribution in [0.25, 0.3) is 0 Å². The predicted molar refractivity (Wildman–Crippen MR) is 163 cm³/mol. The molecule has 4 heterocycles. The van der Waals surface area contributed by atoms with Crippen LogP contribution in [-0.4, -0.2) is 59.7 Å². The molecule has 3 aliphatic heterocycles. The van der Waals surface area contributed by atoms with E-state index in [1.54, 1.807) is 19.1 Å². The largest absolute Gasteiger partial charge is 0.467 e. The molecule has 2 saturated heterocycles. The van der Waals surface area contributed by atoms with E-state index < -0.39 is 52.3 Å². The number of pyridine rings is 1. The van der Waals surface area contributed by atoms with Crippen molar-refractivity contribution in [2.75, 3.05) is 19.0 Å². The van der Waals surface area contributed by atoms with Gasteiger partial charge in [0.2, 0.25) is 11.8 Å². The zero-order valence-corrected chi connectivity index (χ0v) is 26.7. The van der Waals surface area contributed by atoms with Crippen molar-refractivity contribution in [1.29, 1.82) is 0 Å². The average Bonchev–Trinajstić information content (AvgIpc) is 3.44. The third kappa shape index (κ3) is 4.71. The second kappa shape index (κ2) is 10.9. The summed E-state index contributed by atoms with van der Waals surface area (Å²) in [4.78, 5) is 45.1. The summed E-state index contributed by atoms with van der Waals surface area (Å²) in [6.45, 7) is 6.15. The van der Waals surface area contributed by atoms with E-state index in [1.165, 1.54) is 19.4 Å². The van der Waals surface area contributed by atoms with E-state index in [0.717, 1.165) is 12.8 Å². The van der Waals surface area contributed by atoms with Crippen molar-refractivity contribution < 1.29 is 28.2 Å². The summed E-state index contributed by atoms with van der Waals surface area (Å²) in [6, 6.07) is 5.33. The highest BCUT2D eigenvalue weighted by Gasteiger charge is 2.73. The second-order valence-corrected chi connectivity index (χ2v) is 14.4. The molecule has 4 aliphatic rings. The molecule has 1 aliphatic carbocycles. The van der Waals surface area contributed by atoms with Gasteiger partial charge in [-0.2, -0.15) is 0 Å². The topological polar surface area (TPSA) is 119 Å². The monoisotopic (exact) mass is 646 g/mol. The van der Waals surface area contributed by atoms with Gasteiger partial charge in [0.1, 0.15) is 5.41 Å². The lowest BCUT2D eigenvalue weighted by Crippen LogP contribution is -2.61.